The molecule has 6 heteroatoms. The summed E-state index contributed by atoms with van der Waals surface area (Å²) in [6.07, 6.45) is 7.54. The van der Waals surface area contributed by atoms with Crippen molar-refractivity contribution < 1.29 is 19.1 Å². The number of carbonyl (C=O) groups is 3. The number of nitrogens with one attached hydrogen (secondary N) is 1. The van der Waals surface area contributed by atoms with Gasteiger partial charge in [0.2, 0.25) is 11.8 Å². The van der Waals surface area contributed by atoms with Crippen molar-refractivity contribution in [2.45, 2.75) is 25.4 Å². The molecule has 0 radical (unpaired) electrons. The van der Waals surface area contributed by atoms with Crippen molar-refractivity contribution >= 4 is 23.4 Å². The molecule has 0 unspecified atom stereocenters. The maximum Gasteiger partial charge on any atom is 0.251 e. The van der Waals surface area contributed by atoms with Crippen LogP contribution in [0.4, 0.5) is 5.69 Å². The third-order valence-corrected chi connectivity index (χ3v) is 7.54. The van der Waals surface area contributed by atoms with Gasteiger partial charge in [0.1, 0.15) is 0 Å². The third-order valence-electron chi connectivity index (χ3n) is 7.54. The van der Waals surface area contributed by atoms with Gasteiger partial charge in [0.05, 0.1) is 23.6 Å². The molecule has 29 heavy (non-hydrogen) atoms. The number of hydrogen-bond acceptors (Lipinski definition) is 4. The quantitative estimate of drug-likeness (QED) is 0.629. The van der Waals surface area contributed by atoms with Crippen LogP contribution in [-0.2, 0) is 14.3 Å². The van der Waals surface area contributed by atoms with Gasteiger partial charge in [0.25, 0.3) is 5.91 Å². The van der Waals surface area contributed by atoms with Crippen LogP contribution in [0, 0.1) is 35.5 Å². The molecule has 2 saturated carbocycles. The van der Waals surface area contributed by atoms with Crippen LogP contribution in [0.1, 0.15) is 29.6 Å². The number of benzene rings is 1. The van der Waals surface area contributed by atoms with E-state index in [1.165, 1.54) is 4.90 Å². The Morgan fingerprint density at radius 1 is 1.10 bits per heavy atom. The minimum absolute atomic E-state index is 0.0707. The number of allylic oxidation sites excluding steroid dienone is 2. The van der Waals surface area contributed by atoms with Gasteiger partial charge in [0.15, 0.2) is 0 Å². The Labute approximate surface area is 169 Å². The average Bonchev–Trinajstić information content (AvgIpc) is 3.33. The maximum atomic E-state index is 13.2. The molecule has 2 saturated heterocycles. The summed E-state index contributed by atoms with van der Waals surface area (Å²) in [5.41, 5.74) is 0.965. The second kappa shape index (κ2) is 6.26. The summed E-state index contributed by atoms with van der Waals surface area (Å²) in [6.45, 7) is 1.22. The van der Waals surface area contributed by atoms with Crippen LogP contribution in [0.5, 0.6) is 0 Å². The second-order valence-electron chi connectivity index (χ2n) is 9.06. The van der Waals surface area contributed by atoms with Gasteiger partial charge in [0, 0.05) is 18.7 Å². The predicted octanol–water partition coefficient (Wildman–Crippen LogP) is 2.15. The van der Waals surface area contributed by atoms with Crippen LogP contribution in [-0.4, -0.2) is 37.0 Å². The van der Waals surface area contributed by atoms with Crippen molar-refractivity contribution in [2.75, 3.05) is 18.1 Å². The zero-order valence-corrected chi connectivity index (χ0v) is 16.1. The number of amides is 3. The highest BCUT2D eigenvalue weighted by molar-refractivity contribution is 6.23. The fraction of sp³-hybridized carbons (Fsp3) is 0.522. The summed E-state index contributed by atoms with van der Waals surface area (Å²) < 4.78 is 5.55. The molecule has 4 aliphatic carbocycles. The fourth-order valence-corrected chi connectivity index (χ4v) is 6.11. The average molecular weight is 392 g/mol. The van der Waals surface area contributed by atoms with E-state index < -0.39 is 0 Å². The highest BCUT2D eigenvalue weighted by atomic mass is 16.5. The Bertz CT molecular complexity index is 899. The molecule has 4 fully saturated rings. The van der Waals surface area contributed by atoms with Crippen molar-refractivity contribution in [3.05, 3.63) is 42.0 Å². The van der Waals surface area contributed by atoms with Crippen LogP contribution in [0.2, 0.25) is 0 Å². The number of hydrogen-bond donors (Lipinski definition) is 1. The molecule has 6 aliphatic rings. The summed E-state index contributed by atoms with van der Waals surface area (Å²) in [5, 5.41) is 2.90. The lowest BCUT2D eigenvalue weighted by molar-refractivity contribution is -0.124. The minimum atomic E-state index is -0.224. The Hall–Kier alpha value is -2.47. The van der Waals surface area contributed by atoms with Crippen molar-refractivity contribution in [2.24, 2.45) is 35.5 Å². The monoisotopic (exact) mass is 392 g/mol. The van der Waals surface area contributed by atoms with Gasteiger partial charge < -0.3 is 10.1 Å². The molecule has 1 aromatic carbocycles. The van der Waals surface area contributed by atoms with E-state index in [2.05, 4.69) is 17.5 Å². The molecule has 6 nitrogen and oxygen atoms in total. The van der Waals surface area contributed by atoms with E-state index in [1.807, 2.05) is 0 Å². The first-order valence-corrected chi connectivity index (χ1v) is 10.7. The third kappa shape index (κ3) is 2.54. The Balaban J connectivity index is 1.23. The highest BCUT2D eigenvalue weighted by Crippen LogP contribution is 2.65. The first-order valence-electron chi connectivity index (χ1n) is 10.7. The molecule has 2 heterocycles. The van der Waals surface area contributed by atoms with E-state index >= 15 is 0 Å². The van der Waals surface area contributed by atoms with E-state index in [0.717, 1.165) is 25.9 Å². The Morgan fingerprint density at radius 2 is 1.83 bits per heavy atom. The first kappa shape index (κ1) is 17.4. The topological polar surface area (TPSA) is 75.7 Å². The summed E-state index contributed by atoms with van der Waals surface area (Å²) >= 11 is 0. The van der Waals surface area contributed by atoms with Gasteiger partial charge in [-0.15, -0.1) is 0 Å². The molecule has 7 rings (SSSR count). The molecule has 150 valence electrons. The summed E-state index contributed by atoms with van der Waals surface area (Å²) in [5.74, 6) is 0.723. The molecule has 2 bridgehead atoms. The van der Waals surface area contributed by atoms with Gasteiger partial charge >= 0.3 is 0 Å². The number of imide groups is 1. The van der Waals surface area contributed by atoms with Crippen LogP contribution in [0.15, 0.2) is 36.4 Å². The lowest BCUT2D eigenvalue weighted by Crippen LogP contribution is -2.40. The SMILES string of the molecule is O=C(NC[C@@H]1CCCO1)c1cccc(N2C(=O)[C@H]3[C@@H]4C=C[C@H]([C@H]5C[C@H]45)[C@@H]3C2=O)c1. The zero-order chi connectivity index (χ0) is 19.7. The number of anilines is 1. The summed E-state index contributed by atoms with van der Waals surface area (Å²) in [4.78, 5) is 40.4. The van der Waals surface area contributed by atoms with Crippen molar-refractivity contribution in [3.8, 4) is 0 Å². The number of carbonyl (C=O) groups excluding carboxylic acids is 3. The van der Waals surface area contributed by atoms with Crippen molar-refractivity contribution in [1.29, 1.82) is 0 Å². The zero-order valence-electron chi connectivity index (χ0n) is 16.1. The minimum Gasteiger partial charge on any atom is -0.376 e. The van der Waals surface area contributed by atoms with Gasteiger partial charge in [-0.25, -0.2) is 4.90 Å². The van der Waals surface area contributed by atoms with Crippen LogP contribution >= 0.6 is 0 Å². The molecule has 0 spiro atoms. The van der Waals surface area contributed by atoms with E-state index in [9.17, 15) is 14.4 Å². The normalized spacial score (nSPS) is 38.9. The number of nitrogens with zero attached hydrogens (tertiary/aromatic N) is 1. The predicted molar refractivity (Wildman–Crippen MR) is 105 cm³/mol. The highest BCUT2D eigenvalue weighted by Gasteiger charge is 2.67. The standard InChI is InChI=1S/C23H24N2O4/c26-21(24-11-14-5-2-8-29-14)12-3-1-4-13(9-12)25-22(27)19-15-6-7-16(18-10-17(15)18)20(19)23(25)28/h1,3-4,6-7,9,14-20H,2,5,8,10-11H2,(H,24,26)/t14-,15+,16+,17+,18+,19-,20-/m0/s1. The van der Waals surface area contributed by atoms with Gasteiger partial charge in [-0.3, -0.25) is 14.4 Å². The molecular formula is C23H24N2O4. The largest absolute Gasteiger partial charge is 0.376 e. The van der Waals surface area contributed by atoms with Gasteiger partial charge in [-0.2, -0.15) is 0 Å². The smallest absolute Gasteiger partial charge is 0.251 e. The van der Waals surface area contributed by atoms with E-state index in [0.29, 0.717) is 29.6 Å². The van der Waals surface area contributed by atoms with Crippen molar-refractivity contribution in [3.63, 3.8) is 0 Å². The van der Waals surface area contributed by atoms with Crippen LogP contribution in [0.25, 0.3) is 0 Å². The van der Waals surface area contributed by atoms with Crippen LogP contribution in [0.3, 0.4) is 0 Å². The molecule has 1 N–H and O–H groups in total. The lowest BCUT2D eigenvalue weighted by Gasteiger charge is -2.37. The van der Waals surface area contributed by atoms with Crippen molar-refractivity contribution in [1.82, 2.24) is 5.32 Å². The summed E-state index contributed by atoms with van der Waals surface area (Å²) in [7, 11) is 0. The molecule has 0 aromatic heterocycles. The van der Waals surface area contributed by atoms with E-state index in [-0.39, 0.29) is 47.5 Å². The second-order valence-corrected chi connectivity index (χ2v) is 9.06. The van der Waals surface area contributed by atoms with Crippen LogP contribution < -0.4 is 10.2 Å². The lowest BCUT2D eigenvalue weighted by atomic mass is 9.63. The summed E-state index contributed by atoms with van der Waals surface area (Å²) in [6, 6.07) is 6.87. The Morgan fingerprint density at radius 3 is 2.48 bits per heavy atom. The molecule has 7 atom stereocenters. The van der Waals surface area contributed by atoms with E-state index in [1.54, 1.807) is 24.3 Å². The maximum absolute atomic E-state index is 13.2. The van der Waals surface area contributed by atoms with Gasteiger partial charge in [-0.1, -0.05) is 18.2 Å². The Kier molecular flexibility index (Phi) is 3.76. The number of rotatable bonds is 4. The number of ether oxygens (including phenoxy) is 1. The first-order chi connectivity index (χ1) is 14.1. The fourth-order valence-electron chi connectivity index (χ4n) is 6.11. The molecule has 1 aromatic rings. The molecular weight excluding hydrogens is 368 g/mol. The van der Waals surface area contributed by atoms with E-state index in [4.69, 9.17) is 4.74 Å². The molecule has 3 amide bonds. The molecule has 2 aliphatic heterocycles. The van der Waals surface area contributed by atoms with Gasteiger partial charge in [-0.05, 0) is 61.1 Å².